The maximum Gasteiger partial charge on any atom is 0.230 e. The predicted molar refractivity (Wildman–Crippen MR) is 90.9 cm³/mol. The summed E-state index contributed by atoms with van der Waals surface area (Å²) in [6.07, 6.45) is -0.875. The Bertz CT molecular complexity index is 798. The van der Waals surface area contributed by atoms with E-state index in [1.165, 1.54) is 29.2 Å². The highest BCUT2D eigenvalue weighted by Gasteiger charge is 2.41. The maximum absolute atomic E-state index is 13.9. The number of likely N-dealkylation sites (tertiary alicyclic amines) is 1. The van der Waals surface area contributed by atoms with Crippen molar-refractivity contribution in [1.82, 2.24) is 4.90 Å². The largest absolute Gasteiger partial charge is 0.373 e. The fraction of sp³-hybridized carbons (Fsp3) is 0.316. The number of nitrogens with zero attached hydrogens (tertiary/aromatic N) is 1. The Morgan fingerprint density at radius 1 is 1.15 bits per heavy atom. The highest BCUT2D eigenvalue weighted by molar-refractivity contribution is 5.81. The average Bonchev–Trinajstić information content (AvgIpc) is 2.62. The van der Waals surface area contributed by atoms with E-state index in [0.717, 1.165) is 6.07 Å². The third-order valence-electron chi connectivity index (χ3n) is 4.76. The average molecular weight is 364 g/mol. The number of carbonyl (C=O) groups excluding carboxylic acids is 1. The highest BCUT2D eigenvalue weighted by Crippen LogP contribution is 2.36. The fourth-order valence-corrected chi connectivity index (χ4v) is 3.35. The first-order valence-corrected chi connectivity index (χ1v) is 8.27. The van der Waals surface area contributed by atoms with Crippen molar-refractivity contribution in [2.45, 2.75) is 18.6 Å². The molecule has 0 radical (unpaired) electrons. The zero-order valence-electron chi connectivity index (χ0n) is 14.1. The summed E-state index contributed by atoms with van der Waals surface area (Å²) < 4.78 is 40.5. The van der Waals surface area contributed by atoms with Crippen molar-refractivity contribution in [3.8, 4) is 0 Å². The Balaban J connectivity index is 1.89. The number of benzene rings is 2. The summed E-state index contributed by atoms with van der Waals surface area (Å²) in [6, 6.07) is 9.28. The number of piperidine rings is 1. The molecule has 1 fully saturated rings. The smallest absolute Gasteiger partial charge is 0.230 e. The van der Waals surface area contributed by atoms with Gasteiger partial charge < -0.3 is 15.3 Å². The monoisotopic (exact) mass is 364 g/mol. The third-order valence-corrected chi connectivity index (χ3v) is 4.76. The van der Waals surface area contributed by atoms with Crippen molar-refractivity contribution in [3.63, 3.8) is 0 Å². The first kappa shape index (κ1) is 18.3. The molecule has 7 heteroatoms. The Morgan fingerprint density at radius 3 is 2.54 bits per heavy atom. The molecular weight excluding hydrogens is 345 g/mol. The van der Waals surface area contributed by atoms with Gasteiger partial charge >= 0.3 is 0 Å². The number of halogens is 3. The Kier molecular flexibility index (Phi) is 5.18. The molecule has 1 aliphatic heterocycles. The lowest BCUT2D eigenvalue weighted by atomic mass is 9.79. The molecule has 0 spiro atoms. The zero-order valence-corrected chi connectivity index (χ0v) is 14.1. The van der Waals surface area contributed by atoms with Crippen LogP contribution in [0.15, 0.2) is 42.5 Å². The van der Waals surface area contributed by atoms with Crippen LogP contribution in [-0.4, -0.2) is 35.7 Å². The van der Waals surface area contributed by atoms with E-state index < -0.39 is 29.6 Å². The van der Waals surface area contributed by atoms with Crippen LogP contribution < -0.4 is 5.32 Å². The number of carbonyl (C=O) groups is 1. The molecule has 26 heavy (non-hydrogen) atoms. The quantitative estimate of drug-likeness (QED) is 0.820. The van der Waals surface area contributed by atoms with Gasteiger partial charge in [0, 0.05) is 19.5 Å². The summed E-state index contributed by atoms with van der Waals surface area (Å²) in [5.41, 5.74) is 0.481. The van der Waals surface area contributed by atoms with Gasteiger partial charge in [-0.2, -0.15) is 0 Å². The van der Waals surface area contributed by atoms with E-state index in [-0.39, 0.29) is 17.5 Å². The second-order valence-corrected chi connectivity index (χ2v) is 6.42. The molecule has 2 aromatic rings. The zero-order chi connectivity index (χ0) is 18.8. The first-order valence-electron chi connectivity index (χ1n) is 8.27. The molecule has 2 aromatic carbocycles. The maximum atomic E-state index is 13.9. The van der Waals surface area contributed by atoms with Crippen molar-refractivity contribution < 1.29 is 23.1 Å². The summed E-state index contributed by atoms with van der Waals surface area (Å²) >= 11 is 0. The summed E-state index contributed by atoms with van der Waals surface area (Å²) in [5.74, 6) is -4.18. The molecule has 2 unspecified atom stereocenters. The normalized spacial score (nSPS) is 21.6. The summed E-state index contributed by atoms with van der Waals surface area (Å²) in [4.78, 5) is 14.1. The second-order valence-electron chi connectivity index (χ2n) is 6.42. The van der Waals surface area contributed by atoms with Gasteiger partial charge in [0.1, 0.15) is 12.0 Å². The first-order chi connectivity index (χ1) is 12.4. The standard InChI is InChI=1S/C19H19F3N2O2/c1-24-10-9-13(11-5-7-12(20)8-6-11)16(19(24)26)18(25)23-15-4-2-3-14(21)17(15)22/h2-8,13,16,18,23,25H,9-10H2,1H3/t13?,16-,18?/m0/s1. The van der Waals surface area contributed by atoms with E-state index in [9.17, 15) is 23.1 Å². The number of rotatable bonds is 4. The van der Waals surface area contributed by atoms with Gasteiger partial charge in [-0.15, -0.1) is 0 Å². The number of hydrogen-bond donors (Lipinski definition) is 2. The molecular formula is C19H19F3N2O2. The van der Waals surface area contributed by atoms with Gasteiger partial charge in [-0.3, -0.25) is 4.79 Å². The number of hydrogen-bond acceptors (Lipinski definition) is 3. The molecule has 2 N–H and O–H groups in total. The lowest BCUT2D eigenvalue weighted by molar-refractivity contribution is -0.141. The van der Waals surface area contributed by atoms with Gasteiger partial charge in [-0.05, 0) is 36.2 Å². The SMILES string of the molecule is CN1CCC(c2ccc(F)cc2)[C@@H](C(O)Nc2cccc(F)c2F)C1=O. The molecule has 1 amide bonds. The van der Waals surface area contributed by atoms with Gasteiger partial charge in [-0.1, -0.05) is 18.2 Å². The molecule has 4 nitrogen and oxygen atoms in total. The minimum Gasteiger partial charge on any atom is -0.373 e. The van der Waals surface area contributed by atoms with Crippen LogP contribution in [0.1, 0.15) is 17.9 Å². The number of aliphatic hydroxyl groups excluding tert-OH is 1. The summed E-state index contributed by atoms with van der Waals surface area (Å²) in [5, 5.41) is 13.1. The van der Waals surface area contributed by atoms with E-state index >= 15 is 0 Å². The van der Waals surface area contributed by atoms with E-state index in [2.05, 4.69) is 5.32 Å². The van der Waals surface area contributed by atoms with E-state index in [1.807, 2.05) is 0 Å². The lowest BCUT2D eigenvalue weighted by Crippen LogP contribution is -2.49. The minimum absolute atomic E-state index is 0.226. The van der Waals surface area contributed by atoms with Crippen molar-refractivity contribution >= 4 is 11.6 Å². The van der Waals surface area contributed by atoms with Crippen LogP contribution in [0.3, 0.4) is 0 Å². The third kappa shape index (κ3) is 3.53. The van der Waals surface area contributed by atoms with Crippen molar-refractivity contribution in [2.24, 2.45) is 5.92 Å². The summed E-state index contributed by atoms with van der Waals surface area (Å²) in [7, 11) is 1.62. The molecule has 0 aliphatic carbocycles. The molecule has 1 saturated heterocycles. The Hall–Kier alpha value is -2.54. The van der Waals surface area contributed by atoms with Crippen molar-refractivity contribution in [3.05, 3.63) is 65.5 Å². The Labute approximate surface area is 149 Å². The lowest BCUT2D eigenvalue weighted by Gasteiger charge is -2.39. The number of nitrogens with one attached hydrogen (secondary N) is 1. The molecule has 0 saturated carbocycles. The van der Waals surface area contributed by atoms with Gasteiger partial charge in [0.25, 0.3) is 0 Å². The minimum atomic E-state index is -1.43. The van der Waals surface area contributed by atoms with Crippen LogP contribution in [-0.2, 0) is 4.79 Å². The van der Waals surface area contributed by atoms with Gasteiger partial charge in [0.2, 0.25) is 5.91 Å². The van der Waals surface area contributed by atoms with Gasteiger partial charge in [0.15, 0.2) is 11.6 Å². The second kappa shape index (κ2) is 7.37. The van der Waals surface area contributed by atoms with Crippen LogP contribution in [0.25, 0.3) is 0 Å². The van der Waals surface area contributed by atoms with Crippen LogP contribution in [0.2, 0.25) is 0 Å². The number of aliphatic hydroxyl groups is 1. The molecule has 3 atom stereocenters. The van der Waals surface area contributed by atoms with Crippen LogP contribution >= 0.6 is 0 Å². The summed E-state index contributed by atoms with van der Waals surface area (Å²) in [6.45, 7) is 0.485. The predicted octanol–water partition coefficient (Wildman–Crippen LogP) is 3.10. The van der Waals surface area contributed by atoms with E-state index in [1.54, 1.807) is 19.2 Å². The topological polar surface area (TPSA) is 52.6 Å². The fourth-order valence-electron chi connectivity index (χ4n) is 3.35. The van der Waals surface area contributed by atoms with Crippen LogP contribution in [0.4, 0.5) is 18.9 Å². The number of anilines is 1. The highest BCUT2D eigenvalue weighted by atomic mass is 19.2. The number of amides is 1. The molecule has 1 heterocycles. The molecule has 0 bridgehead atoms. The Morgan fingerprint density at radius 2 is 1.85 bits per heavy atom. The van der Waals surface area contributed by atoms with Gasteiger partial charge in [0.05, 0.1) is 11.6 Å². The molecule has 138 valence electrons. The molecule has 3 rings (SSSR count). The van der Waals surface area contributed by atoms with E-state index in [4.69, 9.17) is 0 Å². The van der Waals surface area contributed by atoms with Crippen LogP contribution in [0.5, 0.6) is 0 Å². The van der Waals surface area contributed by atoms with Gasteiger partial charge in [-0.25, -0.2) is 13.2 Å². The van der Waals surface area contributed by atoms with E-state index in [0.29, 0.717) is 18.5 Å². The van der Waals surface area contributed by atoms with Crippen molar-refractivity contribution in [1.29, 1.82) is 0 Å². The molecule has 0 aromatic heterocycles. The van der Waals surface area contributed by atoms with Crippen LogP contribution in [0, 0.1) is 23.4 Å². The van der Waals surface area contributed by atoms with Crippen molar-refractivity contribution in [2.75, 3.05) is 18.9 Å². The molecule has 1 aliphatic rings.